The maximum absolute atomic E-state index is 12.2. The lowest BCUT2D eigenvalue weighted by Gasteiger charge is -1.99. The van der Waals surface area contributed by atoms with Crippen molar-refractivity contribution >= 4 is 21.6 Å². The monoisotopic (exact) mass is 316 g/mol. The summed E-state index contributed by atoms with van der Waals surface area (Å²) < 4.78 is 5.39. The quantitative estimate of drug-likeness (QED) is 0.722. The molecule has 0 amide bonds. The van der Waals surface area contributed by atoms with E-state index < -0.39 is 0 Å². The van der Waals surface area contributed by atoms with Crippen LogP contribution in [-0.4, -0.2) is 11.4 Å². The van der Waals surface area contributed by atoms with Crippen LogP contribution in [0.15, 0.2) is 62.6 Å². The summed E-state index contributed by atoms with van der Waals surface area (Å²) in [6.07, 6.45) is 2.00. The first-order valence-electron chi connectivity index (χ1n) is 6.26. The number of rotatable bonds is 3. The molecule has 1 aliphatic carbocycles. The number of aromatic hydroxyl groups is 1. The van der Waals surface area contributed by atoms with Crippen LogP contribution in [0.1, 0.15) is 0 Å². The molecule has 0 aromatic heterocycles. The van der Waals surface area contributed by atoms with Crippen molar-refractivity contribution in [1.29, 1.82) is 0 Å². The highest BCUT2D eigenvalue weighted by atomic mass is 33.1. The minimum atomic E-state index is -0.359. The van der Waals surface area contributed by atoms with Gasteiger partial charge in [-0.1, -0.05) is 45.9 Å². The molecule has 1 aromatic rings. The van der Waals surface area contributed by atoms with E-state index in [2.05, 4.69) is 0 Å². The number of fused-ring (bicyclic) bond motifs is 1. The van der Waals surface area contributed by atoms with Crippen molar-refractivity contribution in [2.75, 3.05) is 6.26 Å². The van der Waals surface area contributed by atoms with E-state index in [0.717, 1.165) is 16.0 Å². The SMILES string of the molecule is CSSc1cccc2c(-c3ccc(O)cc3)c(=O)oc-2c1. The molecule has 106 valence electrons. The van der Waals surface area contributed by atoms with Gasteiger partial charge in [-0.15, -0.1) is 0 Å². The summed E-state index contributed by atoms with van der Waals surface area (Å²) in [7, 11) is 3.25. The average Bonchev–Trinajstić information content (AvgIpc) is 2.64. The van der Waals surface area contributed by atoms with E-state index in [1.165, 1.54) is 0 Å². The summed E-state index contributed by atoms with van der Waals surface area (Å²) >= 11 is 0. The Bertz CT molecular complexity index is 794. The lowest BCUT2D eigenvalue weighted by atomic mass is 10.0. The Morgan fingerprint density at radius 2 is 1.86 bits per heavy atom. The molecule has 0 spiro atoms. The predicted molar refractivity (Wildman–Crippen MR) is 88.1 cm³/mol. The summed E-state index contributed by atoms with van der Waals surface area (Å²) in [4.78, 5) is 13.2. The van der Waals surface area contributed by atoms with E-state index in [0.29, 0.717) is 11.3 Å². The maximum Gasteiger partial charge on any atom is 0.344 e. The van der Waals surface area contributed by atoms with Crippen LogP contribution in [0, 0.1) is 0 Å². The van der Waals surface area contributed by atoms with Crippen LogP contribution in [0.5, 0.6) is 5.75 Å². The fourth-order valence-corrected chi connectivity index (χ4v) is 3.55. The van der Waals surface area contributed by atoms with Crippen molar-refractivity contribution in [1.82, 2.24) is 0 Å². The molecule has 1 heterocycles. The largest absolute Gasteiger partial charge is 0.508 e. The Morgan fingerprint density at radius 1 is 1.10 bits per heavy atom. The standard InChI is InChI=1S/C16H12O3S2/c1-20-21-12-3-2-4-13-14(9-12)19-16(18)15(13)10-5-7-11(17)8-6-10/h2-9,17H,1H3. The van der Waals surface area contributed by atoms with Gasteiger partial charge in [0, 0.05) is 10.5 Å². The predicted octanol–water partition coefficient (Wildman–Crippen LogP) is 4.49. The zero-order chi connectivity index (χ0) is 14.8. The van der Waals surface area contributed by atoms with Gasteiger partial charge in [-0.3, -0.25) is 0 Å². The molecule has 0 fully saturated rings. The van der Waals surface area contributed by atoms with Gasteiger partial charge in [0.25, 0.3) is 0 Å². The summed E-state index contributed by atoms with van der Waals surface area (Å²) in [6, 6.07) is 14.2. The van der Waals surface area contributed by atoms with Crippen LogP contribution in [0.2, 0.25) is 0 Å². The molecular formula is C16H12O3S2. The average molecular weight is 316 g/mol. The van der Waals surface area contributed by atoms with Crippen molar-refractivity contribution in [3.05, 3.63) is 59.0 Å². The zero-order valence-corrected chi connectivity index (χ0v) is 12.8. The molecule has 0 atom stereocenters. The highest BCUT2D eigenvalue weighted by Gasteiger charge is 2.18. The first-order chi connectivity index (χ1) is 10.2. The van der Waals surface area contributed by atoms with Crippen molar-refractivity contribution in [3.8, 4) is 28.2 Å². The molecule has 0 radical (unpaired) electrons. The van der Waals surface area contributed by atoms with Crippen molar-refractivity contribution in [2.45, 2.75) is 4.90 Å². The zero-order valence-electron chi connectivity index (χ0n) is 11.2. The van der Waals surface area contributed by atoms with Crippen molar-refractivity contribution in [2.24, 2.45) is 0 Å². The van der Waals surface area contributed by atoms with E-state index in [9.17, 15) is 9.90 Å². The molecule has 1 N–H and O–H groups in total. The Kier molecular flexibility index (Phi) is 3.94. The van der Waals surface area contributed by atoms with Gasteiger partial charge in [0.15, 0.2) is 0 Å². The number of phenolic OH excluding ortho intramolecular Hbond substituents is 1. The number of phenols is 1. The Labute approximate surface area is 129 Å². The molecule has 2 aliphatic rings. The van der Waals surface area contributed by atoms with Crippen LogP contribution >= 0.6 is 21.6 Å². The first-order valence-corrected chi connectivity index (χ1v) is 8.82. The highest BCUT2D eigenvalue weighted by molar-refractivity contribution is 8.76. The minimum Gasteiger partial charge on any atom is -0.508 e. The van der Waals surface area contributed by atoms with Crippen molar-refractivity contribution < 1.29 is 9.52 Å². The third-order valence-corrected chi connectivity index (χ3v) is 4.76. The summed E-state index contributed by atoms with van der Waals surface area (Å²) in [5.41, 5.74) is 1.68. The minimum absolute atomic E-state index is 0.170. The summed E-state index contributed by atoms with van der Waals surface area (Å²) in [5, 5.41) is 9.37. The van der Waals surface area contributed by atoms with Crippen LogP contribution < -0.4 is 5.63 Å². The van der Waals surface area contributed by atoms with Crippen LogP contribution in [0.3, 0.4) is 0 Å². The smallest absolute Gasteiger partial charge is 0.344 e. The van der Waals surface area contributed by atoms with Gasteiger partial charge in [-0.2, -0.15) is 0 Å². The fraction of sp³-hybridized carbons (Fsp3) is 0.0625. The highest BCUT2D eigenvalue weighted by Crippen LogP contribution is 2.36. The third-order valence-electron chi connectivity index (χ3n) is 3.07. The number of furan rings is 1. The van der Waals surface area contributed by atoms with Crippen LogP contribution in [0.25, 0.3) is 22.5 Å². The molecule has 3 rings (SSSR count). The number of benzene rings is 1. The Balaban J connectivity index is 2.17. The number of hydrogen-bond acceptors (Lipinski definition) is 5. The molecule has 3 nitrogen and oxygen atoms in total. The lowest BCUT2D eigenvalue weighted by molar-refractivity contribution is 0.475. The molecule has 1 aromatic carbocycles. The first kappa shape index (κ1) is 14.1. The van der Waals surface area contributed by atoms with Gasteiger partial charge < -0.3 is 9.52 Å². The second-order valence-corrected chi connectivity index (χ2v) is 6.88. The number of hydrogen-bond donors (Lipinski definition) is 1. The van der Waals surface area contributed by atoms with Gasteiger partial charge in [0.05, 0.1) is 5.56 Å². The van der Waals surface area contributed by atoms with E-state index in [1.54, 1.807) is 45.9 Å². The van der Waals surface area contributed by atoms with Gasteiger partial charge in [-0.05, 0) is 36.1 Å². The van der Waals surface area contributed by atoms with E-state index in [-0.39, 0.29) is 11.4 Å². The van der Waals surface area contributed by atoms with Gasteiger partial charge in [0.2, 0.25) is 0 Å². The van der Waals surface area contributed by atoms with Crippen molar-refractivity contribution in [3.63, 3.8) is 0 Å². The molecular weight excluding hydrogens is 304 g/mol. The van der Waals surface area contributed by atoms with E-state index in [1.807, 2.05) is 30.5 Å². The fourth-order valence-electron chi connectivity index (χ4n) is 2.18. The molecule has 5 heteroatoms. The van der Waals surface area contributed by atoms with Gasteiger partial charge in [-0.25, -0.2) is 4.79 Å². The Morgan fingerprint density at radius 3 is 2.57 bits per heavy atom. The van der Waals surface area contributed by atoms with Crippen LogP contribution in [-0.2, 0) is 0 Å². The molecule has 0 bridgehead atoms. The molecule has 1 aliphatic heterocycles. The Hall–Kier alpha value is -1.85. The van der Waals surface area contributed by atoms with Gasteiger partial charge >= 0.3 is 5.63 Å². The second kappa shape index (κ2) is 5.87. The summed E-state index contributed by atoms with van der Waals surface area (Å²) in [6.45, 7) is 0. The second-order valence-electron chi connectivity index (χ2n) is 4.41. The summed E-state index contributed by atoms with van der Waals surface area (Å²) in [5.74, 6) is 0.743. The lowest BCUT2D eigenvalue weighted by Crippen LogP contribution is -1.95. The van der Waals surface area contributed by atoms with Crippen LogP contribution in [0.4, 0.5) is 0 Å². The maximum atomic E-state index is 12.2. The molecule has 0 saturated heterocycles. The van der Waals surface area contributed by atoms with E-state index >= 15 is 0 Å². The van der Waals surface area contributed by atoms with Gasteiger partial charge in [0.1, 0.15) is 11.5 Å². The topological polar surface area (TPSA) is 50.4 Å². The van der Waals surface area contributed by atoms with E-state index in [4.69, 9.17) is 4.42 Å². The normalized spacial score (nSPS) is 10.9. The molecule has 21 heavy (non-hydrogen) atoms. The molecule has 0 unspecified atom stereocenters. The molecule has 0 saturated carbocycles. The third kappa shape index (κ3) is 2.80.